The highest BCUT2D eigenvalue weighted by atomic mass is 32.2. The van der Waals surface area contributed by atoms with Crippen molar-refractivity contribution in [3.63, 3.8) is 0 Å². The normalized spacial score (nSPS) is 10.2. The van der Waals surface area contributed by atoms with Gasteiger partial charge in [0.1, 0.15) is 11.6 Å². The molecule has 0 amide bonds. The molecular formula is C11H12F2O2S. The zero-order valence-electron chi connectivity index (χ0n) is 8.83. The first-order chi connectivity index (χ1) is 7.63. The van der Waals surface area contributed by atoms with E-state index in [2.05, 4.69) is 0 Å². The van der Waals surface area contributed by atoms with Crippen LogP contribution in [-0.4, -0.2) is 18.3 Å². The van der Waals surface area contributed by atoms with E-state index in [0.29, 0.717) is 6.61 Å². The molecule has 0 radical (unpaired) electrons. The SMILES string of the molecule is CCCOC(=O)CSc1ccc(F)cc1F. The van der Waals surface area contributed by atoms with E-state index in [0.717, 1.165) is 30.3 Å². The van der Waals surface area contributed by atoms with Gasteiger partial charge in [0.2, 0.25) is 0 Å². The number of rotatable bonds is 5. The van der Waals surface area contributed by atoms with Crippen molar-refractivity contribution in [3.05, 3.63) is 29.8 Å². The zero-order chi connectivity index (χ0) is 12.0. The first-order valence-corrected chi connectivity index (χ1v) is 5.85. The zero-order valence-corrected chi connectivity index (χ0v) is 9.65. The fourth-order valence-corrected chi connectivity index (χ4v) is 1.70. The number of benzene rings is 1. The molecule has 0 saturated carbocycles. The van der Waals surface area contributed by atoms with Gasteiger partial charge in [-0.15, -0.1) is 11.8 Å². The Balaban J connectivity index is 2.45. The summed E-state index contributed by atoms with van der Waals surface area (Å²) in [6, 6.07) is 3.25. The van der Waals surface area contributed by atoms with Crippen molar-refractivity contribution in [2.75, 3.05) is 12.4 Å². The molecule has 0 aliphatic rings. The molecule has 0 bridgehead atoms. The lowest BCUT2D eigenvalue weighted by molar-refractivity contribution is -0.140. The molecule has 0 aromatic heterocycles. The molecule has 0 unspecified atom stereocenters. The Bertz CT molecular complexity index is 369. The van der Waals surface area contributed by atoms with E-state index in [1.54, 1.807) is 0 Å². The molecule has 88 valence electrons. The third-order valence-electron chi connectivity index (χ3n) is 1.71. The highest BCUT2D eigenvalue weighted by molar-refractivity contribution is 8.00. The number of hydrogen-bond donors (Lipinski definition) is 0. The van der Waals surface area contributed by atoms with Gasteiger partial charge >= 0.3 is 5.97 Å². The molecule has 0 saturated heterocycles. The maximum absolute atomic E-state index is 13.1. The maximum atomic E-state index is 13.1. The first kappa shape index (κ1) is 13.0. The van der Waals surface area contributed by atoms with Gasteiger partial charge in [0, 0.05) is 11.0 Å². The molecule has 1 aromatic carbocycles. The predicted molar refractivity (Wildman–Crippen MR) is 58.3 cm³/mol. The third kappa shape index (κ3) is 4.18. The van der Waals surface area contributed by atoms with Gasteiger partial charge in [-0.2, -0.15) is 0 Å². The third-order valence-corrected chi connectivity index (χ3v) is 2.73. The molecular weight excluding hydrogens is 234 g/mol. The fourth-order valence-electron chi connectivity index (χ4n) is 0.987. The summed E-state index contributed by atoms with van der Waals surface area (Å²) < 4.78 is 30.5. The molecule has 16 heavy (non-hydrogen) atoms. The van der Waals surface area contributed by atoms with Gasteiger partial charge in [-0.1, -0.05) is 6.92 Å². The van der Waals surface area contributed by atoms with Gasteiger partial charge in [-0.05, 0) is 18.6 Å². The molecule has 1 rings (SSSR count). The van der Waals surface area contributed by atoms with E-state index in [1.165, 1.54) is 6.07 Å². The molecule has 0 atom stereocenters. The van der Waals surface area contributed by atoms with Crippen LogP contribution < -0.4 is 0 Å². The molecule has 0 spiro atoms. The summed E-state index contributed by atoms with van der Waals surface area (Å²) in [7, 11) is 0. The van der Waals surface area contributed by atoms with Gasteiger partial charge < -0.3 is 4.74 Å². The average Bonchev–Trinajstić information content (AvgIpc) is 2.25. The van der Waals surface area contributed by atoms with Gasteiger partial charge in [0.15, 0.2) is 0 Å². The van der Waals surface area contributed by atoms with Crippen LogP contribution in [0.1, 0.15) is 13.3 Å². The van der Waals surface area contributed by atoms with Crippen LogP contribution in [0.2, 0.25) is 0 Å². The van der Waals surface area contributed by atoms with Crippen LogP contribution in [0.15, 0.2) is 23.1 Å². The average molecular weight is 246 g/mol. The maximum Gasteiger partial charge on any atom is 0.316 e. The topological polar surface area (TPSA) is 26.3 Å². The van der Waals surface area contributed by atoms with Crippen LogP contribution in [0.4, 0.5) is 8.78 Å². The standard InChI is InChI=1S/C11H12F2O2S/c1-2-5-15-11(14)7-16-10-4-3-8(12)6-9(10)13/h3-4,6H,2,5,7H2,1H3. The molecule has 1 aromatic rings. The largest absolute Gasteiger partial charge is 0.465 e. The smallest absolute Gasteiger partial charge is 0.316 e. The van der Waals surface area contributed by atoms with Crippen LogP contribution in [0.25, 0.3) is 0 Å². The first-order valence-electron chi connectivity index (χ1n) is 4.87. The van der Waals surface area contributed by atoms with Crippen molar-refractivity contribution < 1.29 is 18.3 Å². The molecule has 0 heterocycles. The van der Waals surface area contributed by atoms with Gasteiger partial charge in [0.25, 0.3) is 0 Å². The van der Waals surface area contributed by atoms with Crippen LogP contribution in [0.3, 0.4) is 0 Å². The van der Waals surface area contributed by atoms with Crippen LogP contribution in [0.5, 0.6) is 0 Å². The summed E-state index contributed by atoms with van der Waals surface area (Å²) in [5.74, 6) is -1.65. The van der Waals surface area contributed by atoms with Gasteiger partial charge in [-0.25, -0.2) is 8.78 Å². The lowest BCUT2D eigenvalue weighted by Crippen LogP contribution is -2.07. The van der Waals surface area contributed by atoms with Crippen LogP contribution >= 0.6 is 11.8 Å². The predicted octanol–water partition coefficient (Wildman–Crippen LogP) is 3.01. The van der Waals surface area contributed by atoms with E-state index in [9.17, 15) is 13.6 Å². The lowest BCUT2D eigenvalue weighted by Gasteiger charge is -2.04. The highest BCUT2D eigenvalue weighted by Gasteiger charge is 2.08. The van der Waals surface area contributed by atoms with Crippen LogP contribution in [-0.2, 0) is 9.53 Å². The molecule has 0 fully saturated rings. The van der Waals surface area contributed by atoms with Gasteiger partial charge in [-0.3, -0.25) is 4.79 Å². The van der Waals surface area contributed by atoms with E-state index in [-0.39, 0.29) is 10.6 Å². The van der Waals surface area contributed by atoms with Crippen molar-refractivity contribution in [2.45, 2.75) is 18.2 Å². The Morgan fingerprint density at radius 1 is 1.44 bits per heavy atom. The number of ether oxygens (including phenoxy) is 1. The second-order valence-corrected chi connectivity index (χ2v) is 4.10. The summed E-state index contributed by atoms with van der Waals surface area (Å²) >= 11 is 0.998. The Morgan fingerprint density at radius 2 is 2.19 bits per heavy atom. The van der Waals surface area contributed by atoms with Crippen molar-refractivity contribution >= 4 is 17.7 Å². The van der Waals surface area contributed by atoms with E-state index in [1.807, 2.05) is 6.92 Å². The van der Waals surface area contributed by atoms with E-state index >= 15 is 0 Å². The molecule has 0 N–H and O–H groups in total. The summed E-state index contributed by atoms with van der Waals surface area (Å²) in [5.41, 5.74) is 0. The molecule has 0 aliphatic carbocycles. The number of esters is 1. The summed E-state index contributed by atoms with van der Waals surface area (Å²) in [4.78, 5) is 11.4. The van der Waals surface area contributed by atoms with E-state index < -0.39 is 17.6 Å². The number of carbonyl (C=O) groups is 1. The summed E-state index contributed by atoms with van der Waals surface area (Å²) in [6.45, 7) is 2.26. The number of hydrogen-bond acceptors (Lipinski definition) is 3. The van der Waals surface area contributed by atoms with E-state index in [4.69, 9.17) is 4.74 Å². The van der Waals surface area contributed by atoms with Crippen molar-refractivity contribution in [1.82, 2.24) is 0 Å². The quantitative estimate of drug-likeness (QED) is 0.590. The second kappa shape index (κ2) is 6.48. The van der Waals surface area contributed by atoms with Crippen LogP contribution in [0, 0.1) is 11.6 Å². The van der Waals surface area contributed by atoms with Crippen molar-refractivity contribution in [1.29, 1.82) is 0 Å². The molecule has 0 aliphatic heterocycles. The van der Waals surface area contributed by atoms with Crippen molar-refractivity contribution in [2.24, 2.45) is 0 Å². The lowest BCUT2D eigenvalue weighted by atomic mass is 10.3. The summed E-state index contributed by atoms with van der Waals surface area (Å²) in [6.07, 6.45) is 0.751. The monoisotopic (exact) mass is 246 g/mol. The highest BCUT2D eigenvalue weighted by Crippen LogP contribution is 2.22. The number of thioether (sulfide) groups is 1. The number of halogens is 2. The molecule has 5 heteroatoms. The summed E-state index contributed by atoms with van der Waals surface area (Å²) in [5, 5.41) is 0. The van der Waals surface area contributed by atoms with Crippen molar-refractivity contribution in [3.8, 4) is 0 Å². The Labute approximate surface area is 97.0 Å². The Hall–Kier alpha value is -1.10. The Kier molecular flexibility index (Phi) is 5.25. The minimum absolute atomic E-state index is 0.0303. The Morgan fingerprint density at radius 3 is 2.81 bits per heavy atom. The fraction of sp³-hybridized carbons (Fsp3) is 0.364. The number of carbonyl (C=O) groups excluding carboxylic acids is 1. The second-order valence-electron chi connectivity index (χ2n) is 3.08. The van der Waals surface area contributed by atoms with Gasteiger partial charge in [0.05, 0.1) is 12.4 Å². The minimum atomic E-state index is -0.659. The minimum Gasteiger partial charge on any atom is -0.465 e. The molecule has 2 nitrogen and oxygen atoms in total.